The Morgan fingerprint density at radius 2 is 2.04 bits per heavy atom. The van der Waals surface area contributed by atoms with Gasteiger partial charge in [-0.2, -0.15) is 0 Å². The Kier molecular flexibility index (Phi) is 5.92. The number of anilines is 1. The lowest BCUT2D eigenvalue weighted by Crippen LogP contribution is -2.34. The number of hydrogen-bond donors (Lipinski definition) is 2. The first kappa shape index (κ1) is 19.5. The van der Waals surface area contributed by atoms with Gasteiger partial charge in [-0.15, -0.1) is 11.3 Å². The third kappa shape index (κ3) is 4.93. The highest BCUT2D eigenvalue weighted by Gasteiger charge is 2.30. The van der Waals surface area contributed by atoms with Gasteiger partial charge in [0.1, 0.15) is 5.82 Å². The minimum absolute atomic E-state index is 0.0296. The first-order valence-corrected chi connectivity index (χ1v) is 9.78. The fraction of sp³-hybridized carbons (Fsp3) is 0.400. The van der Waals surface area contributed by atoms with Gasteiger partial charge in [-0.05, 0) is 63.2 Å². The number of hydrogen-bond acceptors (Lipinski definition) is 4. The number of amides is 2. The first-order chi connectivity index (χ1) is 12.8. The van der Waals surface area contributed by atoms with E-state index >= 15 is 0 Å². The van der Waals surface area contributed by atoms with Crippen LogP contribution in [0.15, 0.2) is 30.3 Å². The summed E-state index contributed by atoms with van der Waals surface area (Å²) in [4.78, 5) is 27.1. The second-order valence-electron chi connectivity index (χ2n) is 7.13. The van der Waals surface area contributed by atoms with E-state index in [1.807, 2.05) is 38.1 Å². The molecule has 5 nitrogen and oxygen atoms in total. The van der Waals surface area contributed by atoms with E-state index in [1.54, 1.807) is 6.07 Å². The molecule has 144 valence electrons. The molecular formula is C20H24FN3O2S. The van der Waals surface area contributed by atoms with Crippen molar-refractivity contribution in [2.75, 3.05) is 26.0 Å². The van der Waals surface area contributed by atoms with Crippen molar-refractivity contribution in [2.24, 2.45) is 5.92 Å². The van der Waals surface area contributed by atoms with Crippen molar-refractivity contribution in [1.29, 1.82) is 0 Å². The number of nitrogens with zero attached hydrogens (tertiary/aromatic N) is 1. The highest BCUT2D eigenvalue weighted by Crippen LogP contribution is 2.32. The van der Waals surface area contributed by atoms with Gasteiger partial charge in [0.2, 0.25) is 5.91 Å². The molecule has 1 aromatic carbocycles. The van der Waals surface area contributed by atoms with Crippen molar-refractivity contribution in [3.05, 3.63) is 52.2 Å². The maximum absolute atomic E-state index is 13.5. The van der Waals surface area contributed by atoms with Crippen LogP contribution in [0.25, 0.3) is 0 Å². The number of nitrogens with one attached hydrogen (secondary N) is 2. The van der Waals surface area contributed by atoms with Gasteiger partial charge in [0.05, 0.1) is 15.9 Å². The maximum Gasteiger partial charge on any atom is 0.261 e. The van der Waals surface area contributed by atoms with Gasteiger partial charge in [-0.25, -0.2) is 4.39 Å². The standard InChI is InChI=1S/C20H24FN3O2S/c1-12-9-17(23-19(25)13-7-8-13)27-18(12)20(26)22-11-16(24(2)3)14-5-4-6-15(21)10-14/h4-6,9-10,13,16H,7-8,11H2,1-3H3,(H,22,26)(H,23,25). The molecule has 1 atom stereocenters. The Labute approximate surface area is 162 Å². The Hall–Kier alpha value is -2.25. The average molecular weight is 389 g/mol. The number of likely N-dealkylation sites (N-methyl/N-ethyl adjacent to an activating group) is 1. The topological polar surface area (TPSA) is 61.4 Å². The zero-order valence-corrected chi connectivity index (χ0v) is 16.5. The molecule has 0 saturated heterocycles. The van der Waals surface area contributed by atoms with Gasteiger partial charge in [-0.3, -0.25) is 9.59 Å². The van der Waals surface area contributed by atoms with Crippen LogP contribution in [0.3, 0.4) is 0 Å². The van der Waals surface area contributed by atoms with E-state index < -0.39 is 0 Å². The molecule has 1 aliphatic rings. The number of thiophene rings is 1. The molecule has 0 spiro atoms. The third-order valence-electron chi connectivity index (χ3n) is 4.63. The number of carbonyl (C=O) groups excluding carboxylic acids is 2. The zero-order valence-electron chi connectivity index (χ0n) is 15.7. The summed E-state index contributed by atoms with van der Waals surface area (Å²) in [5.41, 5.74) is 1.64. The number of halogens is 1. The van der Waals surface area contributed by atoms with Crippen LogP contribution in [-0.4, -0.2) is 37.4 Å². The summed E-state index contributed by atoms with van der Waals surface area (Å²) < 4.78 is 13.5. The SMILES string of the molecule is Cc1cc(NC(=O)C2CC2)sc1C(=O)NCC(c1cccc(F)c1)N(C)C. The van der Waals surface area contributed by atoms with Crippen LogP contribution in [0.4, 0.5) is 9.39 Å². The second kappa shape index (κ2) is 8.19. The fourth-order valence-electron chi connectivity index (χ4n) is 2.92. The smallest absolute Gasteiger partial charge is 0.261 e. The minimum Gasteiger partial charge on any atom is -0.349 e. The Morgan fingerprint density at radius 1 is 1.30 bits per heavy atom. The molecule has 1 saturated carbocycles. The molecule has 2 aromatic rings. The van der Waals surface area contributed by atoms with Crippen LogP contribution in [0, 0.1) is 18.7 Å². The largest absolute Gasteiger partial charge is 0.349 e. The van der Waals surface area contributed by atoms with Crippen molar-refractivity contribution < 1.29 is 14.0 Å². The maximum atomic E-state index is 13.5. The van der Waals surface area contributed by atoms with E-state index in [9.17, 15) is 14.0 Å². The van der Waals surface area contributed by atoms with Crippen LogP contribution in [-0.2, 0) is 4.79 Å². The number of carbonyl (C=O) groups is 2. The van der Waals surface area contributed by atoms with E-state index in [0.29, 0.717) is 16.4 Å². The monoisotopic (exact) mass is 389 g/mol. The van der Waals surface area contributed by atoms with E-state index in [0.717, 1.165) is 24.0 Å². The van der Waals surface area contributed by atoms with Crippen LogP contribution >= 0.6 is 11.3 Å². The lowest BCUT2D eigenvalue weighted by molar-refractivity contribution is -0.117. The van der Waals surface area contributed by atoms with Crippen LogP contribution in [0.1, 0.15) is 39.7 Å². The summed E-state index contributed by atoms with van der Waals surface area (Å²) in [5, 5.41) is 6.52. The van der Waals surface area contributed by atoms with Crippen LogP contribution < -0.4 is 10.6 Å². The lowest BCUT2D eigenvalue weighted by atomic mass is 10.1. The van der Waals surface area contributed by atoms with E-state index in [-0.39, 0.29) is 29.6 Å². The summed E-state index contributed by atoms with van der Waals surface area (Å²) in [6.45, 7) is 2.21. The number of aryl methyl sites for hydroxylation is 1. The molecule has 7 heteroatoms. The molecule has 1 unspecified atom stereocenters. The molecule has 0 bridgehead atoms. The summed E-state index contributed by atoms with van der Waals surface area (Å²) in [6.07, 6.45) is 1.88. The second-order valence-corrected chi connectivity index (χ2v) is 8.18. The van der Waals surface area contributed by atoms with Gasteiger partial charge in [0, 0.05) is 12.5 Å². The highest BCUT2D eigenvalue weighted by atomic mass is 32.1. The summed E-state index contributed by atoms with van der Waals surface area (Å²) in [5.74, 6) is -0.331. The molecule has 1 heterocycles. The highest BCUT2D eigenvalue weighted by molar-refractivity contribution is 7.18. The summed E-state index contributed by atoms with van der Waals surface area (Å²) in [7, 11) is 3.78. The van der Waals surface area contributed by atoms with Gasteiger partial charge in [0.25, 0.3) is 5.91 Å². The fourth-order valence-corrected chi connectivity index (χ4v) is 3.91. The Bertz CT molecular complexity index is 846. The van der Waals surface area contributed by atoms with Gasteiger partial charge in [0.15, 0.2) is 0 Å². The van der Waals surface area contributed by atoms with Crippen LogP contribution in [0.2, 0.25) is 0 Å². The van der Waals surface area contributed by atoms with Crippen molar-refractivity contribution >= 4 is 28.2 Å². The van der Waals surface area contributed by atoms with E-state index in [4.69, 9.17) is 0 Å². The van der Waals surface area contributed by atoms with E-state index in [1.165, 1.54) is 23.5 Å². The van der Waals surface area contributed by atoms with Gasteiger partial charge in [-0.1, -0.05) is 12.1 Å². The molecular weight excluding hydrogens is 365 g/mol. The molecule has 3 rings (SSSR count). The number of rotatable bonds is 7. The first-order valence-electron chi connectivity index (χ1n) is 8.96. The average Bonchev–Trinajstić information content (AvgIpc) is 3.39. The molecule has 2 amide bonds. The molecule has 2 N–H and O–H groups in total. The minimum atomic E-state index is -0.296. The summed E-state index contributed by atoms with van der Waals surface area (Å²) in [6, 6.07) is 8.10. The lowest BCUT2D eigenvalue weighted by Gasteiger charge is -2.25. The van der Waals surface area contributed by atoms with Crippen molar-refractivity contribution in [2.45, 2.75) is 25.8 Å². The molecule has 0 radical (unpaired) electrons. The Balaban J connectivity index is 1.65. The third-order valence-corrected chi connectivity index (χ3v) is 5.78. The Morgan fingerprint density at radius 3 is 2.67 bits per heavy atom. The predicted molar refractivity (Wildman–Crippen MR) is 106 cm³/mol. The zero-order chi connectivity index (χ0) is 19.6. The quantitative estimate of drug-likeness (QED) is 0.761. The van der Waals surface area contributed by atoms with Crippen molar-refractivity contribution in [1.82, 2.24) is 10.2 Å². The summed E-state index contributed by atoms with van der Waals surface area (Å²) >= 11 is 1.28. The normalized spacial score (nSPS) is 14.9. The molecule has 0 aliphatic heterocycles. The van der Waals surface area contributed by atoms with Crippen molar-refractivity contribution in [3.8, 4) is 0 Å². The van der Waals surface area contributed by atoms with Gasteiger partial charge >= 0.3 is 0 Å². The van der Waals surface area contributed by atoms with Crippen molar-refractivity contribution in [3.63, 3.8) is 0 Å². The van der Waals surface area contributed by atoms with Crippen LogP contribution in [0.5, 0.6) is 0 Å². The molecule has 1 aromatic heterocycles. The van der Waals surface area contributed by atoms with E-state index in [2.05, 4.69) is 10.6 Å². The van der Waals surface area contributed by atoms with Gasteiger partial charge < -0.3 is 15.5 Å². The molecule has 27 heavy (non-hydrogen) atoms. The number of benzene rings is 1. The molecule has 1 aliphatic carbocycles. The molecule has 1 fully saturated rings. The predicted octanol–water partition coefficient (Wildman–Crippen LogP) is 3.58.